The average molecular weight is 368 g/mol. The highest BCUT2D eigenvalue weighted by atomic mass is 19.1. The molecule has 27 heavy (non-hydrogen) atoms. The molecule has 0 bridgehead atoms. The van der Waals surface area contributed by atoms with Crippen LogP contribution in [0.4, 0.5) is 4.39 Å². The summed E-state index contributed by atoms with van der Waals surface area (Å²) < 4.78 is 20.3. The molecule has 2 aromatic heterocycles. The van der Waals surface area contributed by atoms with Crippen molar-refractivity contribution in [1.29, 1.82) is 0 Å². The van der Waals surface area contributed by atoms with Gasteiger partial charge in [-0.25, -0.2) is 14.4 Å². The molecule has 1 saturated carbocycles. The maximum atomic E-state index is 13.3. The lowest BCUT2D eigenvalue weighted by Gasteiger charge is -2.12. The smallest absolute Gasteiger partial charge is 0.274 e. The van der Waals surface area contributed by atoms with Gasteiger partial charge in [-0.1, -0.05) is 0 Å². The van der Waals surface area contributed by atoms with Gasteiger partial charge in [0.2, 0.25) is 0 Å². The van der Waals surface area contributed by atoms with Gasteiger partial charge in [0.15, 0.2) is 11.3 Å². The molecule has 140 valence electrons. The van der Waals surface area contributed by atoms with Crippen LogP contribution in [0.1, 0.15) is 35.9 Å². The third-order valence-corrected chi connectivity index (χ3v) is 4.92. The Bertz CT molecular complexity index is 980. The van der Waals surface area contributed by atoms with Crippen LogP contribution in [0.3, 0.4) is 0 Å². The molecule has 1 aliphatic rings. The summed E-state index contributed by atoms with van der Waals surface area (Å²) in [6.45, 7) is 2.35. The Morgan fingerprint density at radius 3 is 2.78 bits per heavy atom. The highest BCUT2D eigenvalue weighted by Gasteiger charge is 2.30. The quantitative estimate of drug-likeness (QED) is 0.725. The van der Waals surface area contributed by atoms with E-state index in [9.17, 15) is 9.18 Å². The van der Waals surface area contributed by atoms with Crippen molar-refractivity contribution in [2.45, 2.75) is 32.4 Å². The van der Waals surface area contributed by atoms with Gasteiger partial charge in [-0.3, -0.25) is 9.20 Å². The number of ether oxygens (including phenoxy) is 1. The number of nitrogens with zero attached hydrogens (tertiary/aromatic N) is 3. The second-order valence-corrected chi connectivity index (χ2v) is 6.96. The molecule has 3 aromatic rings. The lowest BCUT2D eigenvalue weighted by atomic mass is 10.1. The predicted molar refractivity (Wildman–Crippen MR) is 98.7 cm³/mol. The molecule has 0 saturated heterocycles. The SMILES string of the molecule is COCc1cc(-c2ccc(F)cc2)nc2c(C(=O)N[C@@H](C)C3CC3)ncn12. The molecular weight excluding hydrogens is 347 g/mol. The van der Waals surface area contributed by atoms with Gasteiger partial charge >= 0.3 is 0 Å². The van der Waals surface area contributed by atoms with Crippen molar-refractivity contribution in [3.8, 4) is 11.3 Å². The van der Waals surface area contributed by atoms with Crippen molar-refractivity contribution in [3.63, 3.8) is 0 Å². The molecule has 1 fully saturated rings. The van der Waals surface area contributed by atoms with Gasteiger partial charge in [0.1, 0.15) is 12.1 Å². The topological polar surface area (TPSA) is 68.5 Å². The van der Waals surface area contributed by atoms with Crippen molar-refractivity contribution < 1.29 is 13.9 Å². The molecule has 6 nitrogen and oxygen atoms in total. The van der Waals surface area contributed by atoms with Crippen LogP contribution in [0, 0.1) is 11.7 Å². The number of hydrogen-bond donors (Lipinski definition) is 1. The van der Waals surface area contributed by atoms with Gasteiger partial charge in [-0.05, 0) is 56.0 Å². The Morgan fingerprint density at radius 2 is 2.11 bits per heavy atom. The number of imidazole rings is 1. The molecule has 1 N–H and O–H groups in total. The minimum Gasteiger partial charge on any atom is -0.378 e. The molecule has 1 amide bonds. The first kappa shape index (κ1) is 17.6. The summed E-state index contributed by atoms with van der Waals surface area (Å²) in [4.78, 5) is 21.6. The van der Waals surface area contributed by atoms with E-state index in [0.717, 1.165) is 24.1 Å². The lowest BCUT2D eigenvalue weighted by Crippen LogP contribution is -2.34. The van der Waals surface area contributed by atoms with Crippen molar-refractivity contribution in [2.75, 3.05) is 7.11 Å². The van der Waals surface area contributed by atoms with Crippen LogP contribution in [-0.4, -0.2) is 33.4 Å². The molecular formula is C20H21FN4O2. The summed E-state index contributed by atoms with van der Waals surface area (Å²) in [5, 5.41) is 3.02. The highest BCUT2D eigenvalue weighted by molar-refractivity contribution is 5.98. The third-order valence-electron chi connectivity index (χ3n) is 4.92. The predicted octanol–water partition coefficient (Wildman–Crippen LogP) is 3.21. The molecule has 2 heterocycles. The Kier molecular flexibility index (Phi) is 4.61. The normalized spacial score (nSPS) is 15.1. The second-order valence-electron chi connectivity index (χ2n) is 6.96. The molecule has 1 aliphatic carbocycles. The van der Waals surface area contributed by atoms with Gasteiger partial charge in [-0.2, -0.15) is 0 Å². The molecule has 4 rings (SSSR count). The van der Waals surface area contributed by atoms with Crippen LogP contribution < -0.4 is 5.32 Å². The summed E-state index contributed by atoms with van der Waals surface area (Å²) in [5.74, 6) is 0.00839. The third kappa shape index (κ3) is 3.55. The van der Waals surface area contributed by atoms with Crippen LogP contribution in [0.5, 0.6) is 0 Å². The number of aromatic nitrogens is 3. The number of hydrogen-bond acceptors (Lipinski definition) is 4. The van der Waals surface area contributed by atoms with E-state index in [1.165, 1.54) is 12.1 Å². The van der Waals surface area contributed by atoms with E-state index < -0.39 is 0 Å². The summed E-state index contributed by atoms with van der Waals surface area (Å²) >= 11 is 0. The van der Waals surface area contributed by atoms with Crippen LogP contribution in [0.15, 0.2) is 36.7 Å². The van der Waals surface area contributed by atoms with Crippen LogP contribution >= 0.6 is 0 Å². The minimum atomic E-state index is -0.310. The fourth-order valence-electron chi connectivity index (χ4n) is 3.21. The lowest BCUT2D eigenvalue weighted by molar-refractivity contribution is 0.0933. The van der Waals surface area contributed by atoms with Gasteiger partial charge in [-0.15, -0.1) is 0 Å². The summed E-state index contributed by atoms with van der Waals surface area (Å²) in [6.07, 6.45) is 3.88. The van der Waals surface area contributed by atoms with Crippen molar-refractivity contribution >= 4 is 11.6 Å². The Labute approximate surface area is 156 Å². The zero-order valence-electron chi connectivity index (χ0n) is 15.3. The Hall–Kier alpha value is -2.80. The van der Waals surface area contributed by atoms with Gasteiger partial charge in [0.25, 0.3) is 5.91 Å². The summed E-state index contributed by atoms with van der Waals surface area (Å²) in [6, 6.07) is 8.08. The fourth-order valence-corrected chi connectivity index (χ4v) is 3.21. The number of benzene rings is 1. The van der Waals surface area contributed by atoms with E-state index in [1.54, 1.807) is 30.0 Å². The Balaban J connectivity index is 1.76. The molecule has 1 atom stereocenters. The summed E-state index contributed by atoms with van der Waals surface area (Å²) in [5.41, 5.74) is 2.95. The van der Waals surface area contributed by atoms with E-state index in [2.05, 4.69) is 15.3 Å². The number of rotatable bonds is 6. The maximum Gasteiger partial charge on any atom is 0.274 e. The number of carbonyl (C=O) groups excluding carboxylic acids is 1. The number of halogens is 1. The van der Waals surface area contributed by atoms with Crippen LogP contribution in [0.2, 0.25) is 0 Å². The summed E-state index contributed by atoms with van der Waals surface area (Å²) in [7, 11) is 1.60. The second kappa shape index (κ2) is 7.08. The Morgan fingerprint density at radius 1 is 1.37 bits per heavy atom. The molecule has 0 radical (unpaired) electrons. The molecule has 0 aliphatic heterocycles. The van der Waals surface area contributed by atoms with Gasteiger partial charge < -0.3 is 10.1 Å². The zero-order valence-corrected chi connectivity index (χ0v) is 15.3. The fraction of sp³-hybridized carbons (Fsp3) is 0.350. The largest absolute Gasteiger partial charge is 0.378 e. The van der Waals surface area contributed by atoms with Crippen LogP contribution in [0.25, 0.3) is 16.9 Å². The van der Waals surface area contributed by atoms with Gasteiger partial charge in [0.05, 0.1) is 18.0 Å². The monoisotopic (exact) mass is 368 g/mol. The first-order valence-electron chi connectivity index (χ1n) is 8.99. The molecule has 0 spiro atoms. The van der Waals surface area contributed by atoms with E-state index in [-0.39, 0.29) is 23.5 Å². The van der Waals surface area contributed by atoms with E-state index >= 15 is 0 Å². The number of fused-ring (bicyclic) bond motifs is 1. The first-order valence-corrected chi connectivity index (χ1v) is 8.99. The van der Waals surface area contributed by atoms with Crippen molar-refractivity contribution in [2.24, 2.45) is 5.92 Å². The van der Waals surface area contributed by atoms with E-state index in [4.69, 9.17) is 4.74 Å². The van der Waals surface area contributed by atoms with E-state index in [1.807, 2.05) is 13.0 Å². The highest BCUT2D eigenvalue weighted by Crippen LogP contribution is 2.32. The van der Waals surface area contributed by atoms with Crippen LogP contribution in [-0.2, 0) is 11.3 Å². The number of nitrogens with one attached hydrogen (secondary N) is 1. The van der Waals surface area contributed by atoms with Crippen molar-refractivity contribution in [1.82, 2.24) is 19.7 Å². The molecule has 0 unspecified atom stereocenters. The molecule has 7 heteroatoms. The minimum absolute atomic E-state index is 0.118. The van der Waals surface area contributed by atoms with E-state index in [0.29, 0.717) is 23.9 Å². The maximum absolute atomic E-state index is 13.3. The first-order chi connectivity index (χ1) is 13.1. The molecule has 1 aromatic carbocycles. The standard InChI is InChI=1S/C20H21FN4O2/c1-12(13-3-4-13)23-20(26)18-19-24-17(14-5-7-15(21)8-6-14)9-16(10-27-2)25(19)11-22-18/h5-9,11-13H,3-4,10H2,1-2H3,(H,23,26)/t12-/m0/s1. The number of carbonyl (C=O) groups is 1. The zero-order chi connectivity index (χ0) is 19.0. The van der Waals surface area contributed by atoms with Crippen molar-refractivity contribution in [3.05, 3.63) is 53.9 Å². The number of methoxy groups -OCH3 is 1. The average Bonchev–Trinajstić information content (AvgIpc) is 3.42. The van der Waals surface area contributed by atoms with Gasteiger partial charge in [0, 0.05) is 18.7 Å². The number of amides is 1.